The number of nitrogens with one attached hydrogen (secondary N) is 1. The number of hydrogen-bond acceptors (Lipinski definition) is 2. The molecular weight excluding hydrogens is 294 g/mol. The zero-order chi connectivity index (χ0) is 15.4. The van der Waals surface area contributed by atoms with Crippen LogP contribution >= 0.6 is 11.6 Å². The Morgan fingerprint density at radius 3 is 2.27 bits per heavy atom. The highest BCUT2D eigenvalue weighted by atomic mass is 35.5. The average Bonchev–Trinajstić information content (AvgIpc) is 3.01. The maximum atomic E-state index is 6.07. The van der Waals surface area contributed by atoms with Crippen LogP contribution in [0, 0.1) is 0 Å². The van der Waals surface area contributed by atoms with Crippen molar-refractivity contribution in [3.8, 4) is 11.3 Å². The molecule has 22 heavy (non-hydrogen) atoms. The van der Waals surface area contributed by atoms with Gasteiger partial charge in [0.2, 0.25) is 5.95 Å². The predicted molar refractivity (Wildman–Crippen MR) is 92.1 cm³/mol. The molecule has 0 aliphatic rings. The van der Waals surface area contributed by atoms with E-state index < -0.39 is 0 Å². The zero-order valence-corrected chi connectivity index (χ0v) is 13.2. The van der Waals surface area contributed by atoms with Crippen LogP contribution in [-0.2, 0) is 12.4 Å². The fourth-order valence-electron chi connectivity index (χ4n) is 2.44. The minimum absolute atomic E-state index is 0.413. The van der Waals surface area contributed by atoms with Crippen molar-refractivity contribution in [1.29, 1.82) is 0 Å². The van der Waals surface area contributed by atoms with Crippen molar-refractivity contribution in [3.63, 3.8) is 0 Å². The van der Waals surface area contributed by atoms with Crippen molar-refractivity contribution in [2.45, 2.75) is 12.4 Å². The number of nitrogens with zero attached hydrogens (tertiary/aromatic N) is 2. The first-order chi connectivity index (χ1) is 10.8. The summed E-state index contributed by atoms with van der Waals surface area (Å²) in [6.45, 7) is 0.796. The van der Waals surface area contributed by atoms with Crippen molar-refractivity contribution < 1.29 is 0 Å². The van der Waals surface area contributed by atoms with Crippen LogP contribution in [0.25, 0.3) is 11.3 Å². The fourth-order valence-corrected chi connectivity index (χ4v) is 2.63. The van der Waals surface area contributed by atoms with Crippen molar-refractivity contribution >= 4 is 17.5 Å². The summed E-state index contributed by atoms with van der Waals surface area (Å²) >= 11 is 6.07. The lowest BCUT2D eigenvalue weighted by atomic mass is 10.1. The van der Waals surface area contributed by atoms with Crippen molar-refractivity contribution in [2.24, 2.45) is 0 Å². The normalized spacial score (nSPS) is 10.6. The van der Waals surface area contributed by atoms with E-state index >= 15 is 0 Å². The molecule has 1 heterocycles. The first kappa shape index (κ1) is 14.7. The lowest BCUT2D eigenvalue weighted by molar-refractivity contribution is 0.879. The Kier molecular flexibility index (Phi) is 4.45. The quantitative estimate of drug-likeness (QED) is 0.706. The van der Waals surface area contributed by atoms with Crippen molar-refractivity contribution in [1.82, 2.24) is 9.97 Å². The Bertz CT molecular complexity index is 723. The molecule has 1 aromatic heterocycles. The van der Waals surface area contributed by atoms with E-state index in [1.165, 1.54) is 5.56 Å². The van der Waals surface area contributed by atoms with Gasteiger partial charge in [-0.25, -0.2) is 4.98 Å². The molecule has 0 aliphatic carbocycles. The number of aromatic amines is 1. The summed E-state index contributed by atoms with van der Waals surface area (Å²) in [5, 5.41) is 0. The molecule has 0 aliphatic heterocycles. The van der Waals surface area contributed by atoms with Gasteiger partial charge in [-0.3, -0.25) is 0 Å². The second-order valence-electron chi connectivity index (χ2n) is 5.23. The first-order valence-corrected chi connectivity index (χ1v) is 7.76. The van der Waals surface area contributed by atoms with Crippen LogP contribution in [0.5, 0.6) is 0 Å². The first-order valence-electron chi connectivity index (χ1n) is 7.23. The van der Waals surface area contributed by atoms with Gasteiger partial charge in [-0.05, 0) is 5.56 Å². The Morgan fingerprint density at radius 1 is 1.00 bits per heavy atom. The van der Waals surface area contributed by atoms with Crippen molar-refractivity contribution in [2.75, 3.05) is 11.9 Å². The van der Waals surface area contributed by atoms with Crippen LogP contribution in [0.3, 0.4) is 0 Å². The van der Waals surface area contributed by atoms with E-state index in [4.69, 9.17) is 16.6 Å². The Balaban J connectivity index is 1.87. The molecule has 0 unspecified atom stereocenters. The van der Waals surface area contributed by atoms with E-state index in [1.807, 2.05) is 55.6 Å². The number of alkyl halides is 1. The number of imidazole rings is 1. The lowest BCUT2D eigenvalue weighted by Crippen LogP contribution is -2.17. The molecule has 3 aromatic rings. The van der Waals surface area contributed by atoms with Gasteiger partial charge in [-0.15, -0.1) is 11.6 Å². The van der Waals surface area contributed by atoms with E-state index in [1.54, 1.807) is 0 Å². The van der Waals surface area contributed by atoms with Gasteiger partial charge in [0.05, 0.1) is 17.3 Å². The van der Waals surface area contributed by atoms with Gasteiger partial charge >= 0.3 is 0 Å². The molecule has 0 bridgehead atoms. The van der Waals surface area contributed by atoms with Crippen molar-refractivity contribution in [3.05, 3.63) is 71.9 Å². The second-order valence-corrected chi connectivity index (χ2v) is 5.50. The number of halogens is 1. The number of hydrogen-bond donors (Lipinski definition) is 1. The molecule has 0 radical (unpaired) electrons. The van der Waals surface area contributed by atoms with E-state index in [0.717, 1.165) is 29.4 Å². The van der Waals surface area contributed by atoms with Crippen LogP contribution in [0.1, 0.15) is 11.3 Å². The molecule has 0 fully saturated rings. The monoisotopic (exact) mass is 311 g/mol. The van der Waals surface area contributed by atoms with Crippen LogP contribution in [0.2, 0.25) is 0 Å². The van der Waals surface area contributed by atoms with Crippen LogP contribution < -0.4 is 4.90 Å². The largest absolute Gasteiger partial charge is 0.341 e. The Hall–Kier alpha value is -2.26. The van der Waals surface area contributed by atoms with E-state index in [2.05, 4.69) is 22.0 Å². The minimum Gasteiger partial charge on any atom is -0.341 e. The van der Waals surface area contributed by atoms with E-state index in [-0.39, 0.29) is 0 Å². The summed E-state index contributed by atoms with van der Waals surface area (Å²) < 4.78 is 0. The number of H-pyrrole nitrogens is 1. The smallest absolute Gasteiger partial charge is 0.203 e. The van der Waals surface area contributed by atoms with Gasteiger partial charge in [0.1, 0.15) is 0 Å². The summed E-state index contributed by atoms with van der Waals surface area (Å²) in [4.78, 5) is 10.2. The third-order valence-electron chi connectivity index (χ3n) is 3.57. The van der Waals surface area contributed by atoms with Crippen LogP contribution in [-0.4, -0.2) is 17.0 Å². The zero-order valence-electron chi connectivity index (χ0n) is 12.5. The van der Waals surface area contributed by atoms with Gasteiger partial charge in [0.15, 0.2) is 0 Å². The number of aromatic nitrogens is 2. The number of anilines is 1. The van der Waals surface area contributed by atoms with Gasteiger partial charge < -0.3 is 9.88 Å². The summed E-state index contributed by atoms with van der Waals surface area (Å²) in [6, 6.07) is 20.5. The van der Waals surface area contributed by atoms with Gasteiger partial charge in [0, 0.05) is 19.2 Å². The minimum atomic E-state index is 0.413. The molecule has 0 saturated heterocycles. The molecule has 2 aromatic carbocycles. The predicted octanol–water partition coefficient (Wildman–Crippen LogP) is 4.45. The molecule has 0 spiro atoms. The summed E-state index contributed by atoms with van der Waals surface area (Å²) in [5.74, 6) is 1.24. The topological polar surface area (TPSA) is 31.9 Å². The van der Waals surface area contributed by atoms with Crippen LogP contribution in [0.4, 0.5) is 5.95 Å². The maximum absolute atomic E-state index is 6.07. The summed E-state index contributed by atoms with van der Waals surface area (Å²) in [5.41, 5.74) is 4.19. The molecule has 0 atom stereocenters. The number of benzene rings is 2. The molecule has 4 heteroatoms. The summed E-state index contributed by atoms with van der Waals surface area (Å²) in [6.07, 6.45) is 0. The lowest BCUT2D eigenvalue weighted by Gasteiger charge is -2.15. The van der Waals surface area contributed by atoms with Gasteiger partial charge in [-0.1, -0.05) is 60.7 Å². The SMILES string of the molecule is CN(Cc1ccccc1)c1nc(-c2ccccc2)c(CCl)[nH]1. The average molecular weight is 312 g/mol. The third kappa shape index (κ3) is 3.15. The maximum Gasteiger partial charge on any atom is 0.203 e. The Labute approximate surface area is 135 Å². The highest BCUT2D eigenvalue weighted by Gasteiger charge is 2.14. The number of rotatable bonds is 5. The Morgan fingerprint density at radius 2 is 1.64 bits per heavy atom. The molecule has 0 saturated carbocycles. The standard InChI is InChI=1S/C18H18ClN3/c1-22(13-14-8-4-2-5-9-14)18-20-16(12-19)17(21-18)15-10-6-3-7-11-15/h2-11H,12-13H2,1H3,(H,20,21). The molecule has 112 valence electrons. The van der Waals surface area contributed by atoms with E-state index in [9.17, 15) is 0 Å². The van der Waals surface area contributed by atoms with Crippen LogP contribution in [0.15, 0.2) is 60.7 Å². The highest BCUT2D eigenvalue weighted by Crippen LogP contribution is 2.26. The van der Waals surface area contributed by atoms with Gasteiger partial charge in [-0.2, -0.15) is 0 Å². The fraction of sp³-hybridized carbons (Fsp3) is 0.167. The highest BCUT2D eigenvalue weighted by molar-refractivity contribution is 6.17. The summed E-state index contributed by atoms with van der Waals surface area (Å²) in [7, 11) is 2.03. The molecule has 0 amide bonds. The molecular formula is C18H18ClN3. The second kappa shape index (κ2) is 6.67. The molecule has 3 rings (SSSR count). The third-order valence-corrected chi connectivity index (χ3v) is 3.84. The van der Waals surface area contributed by atoms with Gasteiger partial charge in [0.25, 0.3) is 0 Å². The molecule has 3 nitrogen and oxygen atoms in total. The van der Waals surface area contributed by atoms with E-state index in [0.29, 0.717) is 5.88 Å². The molecule has 1 N–H and O–H groups in total.